The molecule has 1 atom stereocenters. The Labute approximate surface area is 181 Å². The van der Waals surface area contributed by atoms with Crippen molar-refractivity contribution in [2.24, 2.45) is 0 Å². The van der Waals surface area contributed by atoms with Gasteiger partial charge >= 0.3 is 0 Å². The molecule has 2 heterocycles. The zero-order valence-corrected chi connectivity index (χ0v) is 18.6. The van der Waals surface area contributed by atoms with E-state index in [9.17, 15) is 18.3 Å². The first-order chi connectivity index (χ1) is 14.7. The number of benzene rings is 1. The average Bonchev–Trinajstić information content (AvgIpc) is 3.07. The normalized spacial score (nSPS) is 14.2. The molecule has 0 spiro atoms. The van der Waals surface area contributed by atoms with E-state index in [1.807, 2.05) is 48.7 Å². The van der Waals surface area contributed by atoms with Crippen LogP contribution in [0.2, 0.25) is 0 Å². The lowest BCUT2D eigenvalue weighted by Crippen LogP contribution is -2.22. The maximum atomic E-state index is 12.6. The van der Waals surface area contributed by atoms with Gasteiger partial charge in [0.25, 0.3) is 5.56 Å². The predicted octanol–water partition coefficient (Wildman–Crippen LogP) is 2.73. The van der Waals surface area contributed by atoms with Gasteiger partial charge in [0.2, 0.25) is 0 Å². The molecule has 0 fully saturated rings. The molecule has 164 valence electrons. The van der Waals surface area contributed by atoms with Crippen LogP contribution in [0.5, 0.6) is 0 Å². The van der Waals surface area contributed by atoms with Crippen LogP contribution in [-0.4, -0.2) is 35.9 Å². The molecule has 0 saturated heterocycles. The molecule has 1 aliphatic carbocycles. The Morgan fingerprint density at radius 3 is 2.48 bits per heavy atom. The molecule has 0 radical (unpaired) electrons. The highest BCUT2D eigenvalue weighted by molar-refractivity contribution is 7.90. The summed E-state index contributed by atoms with van der Waals surface area (Å²) in [5.74, 6) is 0. The summed E-state index contributed by atoms with van der Waals surface area (Å²) >= 11 is 0. The van der Waals surface area contributed by atoms with Crippen molar-refractivity contribution in [1.82, 2.24) is 9.55 Å². The van der Waals surface area contributed by atoms with Crippen LogP contribution in [0.25, 0.3) is 11.4 Å². The van der Waals surface area contributed by atoms with E-state index in [1.165, 1.54) is 6.07 Å². The van der Waals surface area contributed by atoms with E-state index in [0.29, 0.717) is 37.4 Å². The quantitative estimate of drug-likeness (QED) is 0.572. The first-order valence-electron chi connectivity index (χ1n) is 10.2. The largest absolute Gasteiger partial charge is 0.363 e. The third kappa shape index (κ3) is 4.11. The summed E-state index contributed by atoms with van der Waals surface area (Å²) in [5.41, 5.74) is 5.29. The number of hydrogen-bond donors (Lipinski definition) is 2. The second-order valence-corrected chi connectivity index (χ2v) is 9.94. The number of nitrogens with one attached hydrogen (secondary N) is 1. The van der Waals surface area contributed by atoms with Gasteiger partial charge in [-0.15, -0.1) is 0 Å². The molecule has 2 aromatic heterocycles. The van der Waals surface area contributed by atoms with Crippen molar-refractivity contribution in [2.45, 2.75) is 44.4 Å². The standard InChI is InChI=1S/C23H26N2O5S/c1-4-30-23(27)18-11-17-10-9-16-12-19(31(3,28)29)22(26)24-20(16)21(17)25(18)13-15-7-5-14(2)6-8-15/h5-8,11-12,23,27H,4,9-10,13H2,1-3H3,(H,24,26). The summed E-state index contributed by atoms with van der Waals surface area (Å²) in [6, 6.07) is 11.5. The summed E-state index contributed by atoms with van der Waals surface area (Å²) < 4.78 is 31.4. The lowest BCUT2D eigenvalue weighted by molar-refractivity contribution is -0.102. The summed E-state index contributed by atoms with van der Waals surface area (Å²) in [7, 11) is -3.63. The molecular weight excluding hydrogens is 416 g/mol. The minimum absolute atomic E-state index is 0.221. The molecule has 4 rings (SSSR count). The van der Waals surface area contributed by atoms with E-state index in [4.69, 9.17) is 4.74 Å². The molecule has 1 unspecified atom stereocenters. The number of aryl methyl sites for hydroxylation is 3. The van der Waals surface area contributed by atoms with Crippen molar-refractivity contribution < 1.29 is 18.3 Å². The second kappa shape index (κ2) is 8.11. The van der Waals surface area contributed by atoms with Gasteiger partial charge < -0.3 is 19.4 Å². The van der Waals surface area contributed by atoms with Gasteiger partial charge in [-0.2, -0.15) is 0 Å². The van der Waals surface area contributed by atoms with Gasteiger partial charge in [-0.25, -0.2) is 8.42 Å². The number of ether oxygens (including phenoxy) is 1. The van der Waals surface area contributed by atoms with Crippen LogP contribution < -0.4 is 5.56 Å². The van der Waals surface area contributed by atoms with Crippen LogP contribution >= 0.6 is 0 Å². The molecule has 0 aliphatic heterocycles. The summed E-state index contributed by atoms with van der Waals surface area (Å²) in [5, 5.41) is 10.6. The lowest BCUT2D eigenvalue weighted by Gasteiger charge is -2.22. The van der Waals surface area contributed by atoms with E-state index < -0.39 is 21.7 Å². The molecule has 7 nitrogen and oxygen atoms in total. The second-order valence-electron chi connectivity index (χ2n) is 7.96. The van der Waals surface area contributed by atoms with Crippen LogP contribution in [0.3, 0.4) is 0 Å². The highest BCUT2D eigenvalue weighted by Gasteiger charge is 2.28. The zero-order chi connectivity index (χ0) is 22.3. The lowest BCUT2D eigenvalue weighted by atomic mass is 9.94. The number of fused-ring (bicyclic) bond motifs is 3. The van der Waals surface area contributed by atoms with E-state index in [-0.39, 0.29) is 4.90 Å². The maximum absolute atomic E-state index is 12.6. The van der Waals surface area contributed by atoms with Gasteiger partial charge in [0.15, 0.2) is 16.1 Å². The SMILES string of the molecule is CCOC(O)c1cc2c(n1Cc1ccc(C)cc1)-c1[nH]c(=O)c(S(C)(=O)=O)cc1CC2. The average molecular weight is 443 g/mol. The maximum Gasteiger partial charge on any atom is 0.267 e. The first-order valence-corrected chi connectivity index (χ1v) is 12.1. The fourth-order valence-electron chi connectivity index (χ4n) is 4.11. The molecule has 1 aliphatic rings. The number of sulfone groups is 1. The van der Waals surface area contributed by atoms with Crippen molar-refractivity contribution in [1.29, 1.82) is 0 Å². The Hall–Kier alpha value is -2.68. The fourth-order valence-corrected chi connectivity index (χ4v) is 4.86. The highest BCUT2D eigenvalue weighted by Crippen LogP contribution is 2.37. The van der Waals surface area contributed by atoms with Crippen LogP contribution in [0.4, 0.5) is 0 Å². The van der Waals surface area contributed by atoms with E-state index in [2.05, 4.69) is 4.98 Å². The minimum Gasteiger partial charge on any atom is -0.363 e. The number of aliphatic hydroxyl groups excluding tert-OH is 1. The Kier molecular flexibility index (Phi) is 5.63. The number of rotatable bonds is 6. The van der Waals surface area contributed by atoms with Gasteiger partial charge in [0.1, 0.15) is 4.90 Å². The summed E-state index contributed by atoms with van der Waals surface area (Å²) in [4.78, 5) is 15.2. The van der Waals surface area contributed by atoms with Gasteiger partial charge in [-0.1, -0.05) is 29.8 Å². The molecule has 2 N–H and O–H groups in total. The van der Waals surface area contributed by atoms with Crippen LogP contribution in [0.15, 0.2) is 46.1 Å². The number of aliphatic hydroxyl groups is 1. The minimum atomic E-state index is -3.63. The molecule has 0 bridgehead atoms. The Morgan fingerprint density at radius 1 is 1.16 bits per heavy atom. The summed E-state index contributed by atoms with van der Waals surface area (Å²) in [6.45, 7) is 4.67. The van der Waals surface area contributed by atoms with Crippen molar-refractivity contribution >= 4 is 9.84 Å². The van der Waals surface area contributed by atoms with Crippen molar-refractivity contribution in [3.63, 3.8) is 0 Å². The van der Waals surface area contributed by atoms with Crippen molar-refractivity contribution in [2.75, 3.05) is 12.9 Å². The monoisotopic (exact) mass is 442 g/mol. The van der Waals surface area contributed by atoms with E-state index in [1.54, 1.807) is 0 Å². The van der Waals surface area contributed by atoms with Gasteiger partial charge in [0, 0.05) is 19.4 Å². The van der Waals surface area contributed by atoms with Crippen molar-refractivity contribution in [3.8, 4) is 11.4 Å². The first kappa shape index (κ1) is 21.5. The molecule has 3 aromatic rings. The molecular formula is C23H26N2O5S. The molecule has 0 saturated carbocycles. The van der Waals surface area contributed by atoms with Crippen molar-refractivity contribution in [3.05, 3.63) is 74.7 Å². The molecule has 8 heteroatoms. The number of pyridine rings is 1. The third-order valence-electron chi connectivity index (χ3n) is 5.64. The third-order valence-corrected chi connectivity index (χ3v) is 6.74. The fraction of sp³-hybridized carbons (Fsp3) is 0.348. The molecule has 1 aromatic carbocycles. The summed E-state index contributed by atoms with van der Waals surface area (Å²) in [6.07, 6.45) is 1.20. The molecule has 31 heavy (non-hydrogen) atoms. The Morgan fingerprint density at radius 2 is 1.84 bits per heavy atom. The Bertz CT molecular complexity index is 1290. The number of hydrogen-bond acceptors (Lipinski definition) is 5. The predicted molar refractivity (Wildman–Crippen MR) is 118 cm³/mol. The number of H-pyrrole nitrogens is 1. The van der Waals surface area contributed by atoms with Crippen LogP contribution in [-0.2, 0) is 34.0 Å². The van der Waals surface area contributed by atoms with Crippen LogP contribution in [0.1, 0.15) is 41.2 Å². The van der Waals surface area contributed by atoms with E-state index in [0.717, 1.165) is 34.2 Å². The smallest absolute Gasteiger partial charge is 0.267 e. The number of aromatic nitrogens is 2. The Balaban J connectivity index is 1.91. The number of aromatic amines is 1. The van der Waals surface area contributed by atoms with Gasteiger partial charge in [0.05, 0.1) is 17.1 Å². The van der Waals surface area contributed by atoms with Gasteiger partial charge in [-0.05, 0) is 55.5 Å². The van der Waals surface area contributed by atoms with E-state index >= 15 is 0 Å². The number of nitrogens with zero attached hydrogens (tertiary/aromatic N) is 1. The zero-order valence-electron chi connectivity index (χ0n) is 17.8. The van der Waals surface area contributed by atoms with Gasteiger partial charge in [-0.3, -0.25) is 4.79 Å². The highest BCUT2D eigenvalue weighted by atomic mass is 32.2. The molecule has 0 amide bonds. The topological polar surface area (TPSA) is 101 Å². The van der Waals surface area contributed by atoms with Crippen LogP contribution in [0, 0.1) is 6.92 Å².